The lowest BCUT2D eigenvalue weighted by atomic mass is 10.1. The summed E-state index contributed by atoms with van der Waals surface area (Å²) in [5.74, 6) is 2.59. The molecule has 96 valence electrons. The molecule has 1 aromatic rings. The molecule has 0 radical (unpaired) electrons. The Morgan fingerprint density at radius 1 is 1.53 bits per heavy atom. The van der Waals surface area contributed by atoms with Crippen molar-refractivity contribution >= 4 is 11.8 Å². The van der Waals surface area contributed by atoms with Crippen molar-refractivity contribution in [3.8, 4) is 0 Å². The maximum absolute atomic E-state index is 4.42. The summed E-state index contributed by atoms with van der Waals surface area (Å²) < 4.78 is 2.04. The molecule has 0 amide bonds. The van der Waals surface area contributed by atoms with E-state index in [1.165, 1.54) is 29.9 Å². The van der Waals surface area contributed by atoms with E-state index in [1.807, 2.05) is 10.9 Å². The third kappa shape index (κ3) is 3.75. The van der Waals surface area contributed by atoms with Crippen LogP contribution in [0, 0.1) is 0 Å². The van der Waals surface area contributed by atoms with Crippen LogP contribution in [0.2, 0.25) is 0 Å². The summed E-state index contributed by atoms with van der Waals surface area (Å²) in [7, 11) is 0. The Morgan fingerprint density at radius 2 is 2.35 bits per heavy atom. The SMILES string of the molecule is CC(C)(C)n1cc(CNC2CCCSC2)cn1. The van der Waals surface area contributed by atoms with E-state index < -0.39 is 0 Å². The van der Waals surface area contributed by atoms with Gasteiger partial charge >= 0.3 is 0 Å². The smallest absolute Gasteiger partial charge is 0.0543 e. The summed E-state index contributed by atoms with van der Waals surface area (Å²) in [5, 5.41) is 8.05. The zero-order chi connectivity index (χ0) is 12.3. The van der Waals surface area contributed by atoms with Crippen LogP contribution in [0.5, 0.6) is 0 Å². The van der Waals surface area contributed by atoms with Crippen molar-refractivity contribution in [1.29, 1.82) is 0 Å². The summed E-state index contributed by atoms with van der Waals surface area (Å²) in [6.45, 7) is 7.47. The van der Waals surface area contributed by atoms with Crippen LogP contribution in [0.3, 0.4) is 0 Å². The first-order valence-electron chi connectivity index (χ1n) is 6.41. The normalized spacial score (nSPS) is 21.7. The molecule has 0 aliphatic carbocycles. The van der Waals surface area contributed by atoms with E-state index in [4.69, 9.17) is 0 Å². The highest BCUT2D eigenvalue weighted by Crippen LogP contribution is 2.18. The number of rotatable bonds is 3. The molecule has 1 atom stereocenters. The van der Waals surface area contributed by atoms with E-state index >= 15 is 0 Å². The molecule has 1 unspecified atom stereocenters. The highest BCUT2D eigenvalue weighted by Gasteiger charge is 2.15. The second kappa shape index (κ2) is 5.44. The lowest BCUT2D eigenvalue weighted by molar-refractivity contribution is 0.355. The van der Waals surface area contributed by atoms with E-state index in [2.05, 4.69) is 49.1 Å². The first-order chi connectivity index (χ1) is 8.05. The van der Waals surface area contributed by atoms with E-state index in [0.29, 0.717) is 6.04 Å². The Morgan fingerprint density at radius 3 is 2.94 bits per heavy atom. The minimum atomic E-state index is 0.0823. The molecule has 1 aromatic heterocycles. The molecule has 1 fully saturated rings. The van der Waals surface area contributed by atoms with E-state index in [9.17, 15) is 0 Å². The molecule has 1 aliphatic heterocycles. The van der Waals surface area contributed by atoms with Crippen molar-refractivity contribution in [2.75, 3.05) is 11.5 Å². The first kappa shape index (κ1) is 13.0. The maximum atomic E-state index is 4.42. The zero-order valence-corrected chi connectivity index (χ0v) is 11.9. The molecule has 2 heterocycles. The van der Waals surface area contributed by atoms with Gasteiger partial charge in [-0.05, 0) is 39.4 Å². The van der Waals surface area contributed by atoms with E-state index in [-0.39, 0.29) is 5.54 Å². The van der Waals surface area contributed by atoms with Gasteiger partial charge in [-0.1, -0.05) is 0 Å². The number of nitrogens with zero attached hydrogens (tertiary/aromatic N) is 2. The molecule has 0 saturated carbocycles. The van der Waals surface area contributed by atoms with Crippen LogP contribution >= 0.6 is 11.8 Å². The van der Waals surface area contributed by atoms with Crippen LogP contribution in [-0.4, -0.2) is 27.3 Å². The molecule has 1 aliphatic rings. The van der Waals surface area contributed by atoms with Crippen molar-refractivity contribution in [2.24, 2.45) is 0 Å². The molecule has 3 nitrogen and oxygen atoms in total. The average Bonchev–Trinajstić information content (AvgIpc) is 2.76. The molecular weight excluding hydrogens is 230 g/mol. The number of nitrogens with one attached hydrogen (secondary N) is 1. The van der Waals surface area contributed by atoms with Gasteiger partial charge < -0.3 is 5.32 Å². The molecular formula is C13H23N3S. The summed E-state index contributed by atoms with van der Waals surface area (Å²) in [4.78, 5) is 0. The number of thioether (sulfide) groups is 1. The summed E-state index contributed by atoms with van der Waals surface area (Å²) >= 11 is 2.06. The average molecular weight is 253 g/mol. The molecule has 0 bridgehead atoms. The minimum absolute atomic E-state index is 0.0823. The second-order valence-electron chi connectivity index (χ2n) is 5.76. The standard InChI is InChI=1S/C13H23N3S/c1-13(2,3)16-9-11(8-15-16)7-14-12-5-4-6-17-10-12/h8-9,12,14H,4-7,10H2,1-3H3. The lowest BCUT2D eigenvalue weighted by Crippen LogP contribution is -2.33. The Bertz CT molecular complexity index is 348. The lowest BCUT2D eigenvalue weighted by Gasteiger charge is -2.22. The predicted molar refractivity (Wildman–Crippen MR) is 74.4 cm³/mol. The minimum Gasteiger partial charge on any atom is -0.309 e. The highest BCUT2D eigenvalue weighted by molar-refractivity contribution is 7.99. The maximum Gasteiger partial charge on any atom is 0.0543 e. The Hall–Kier alpha value is -0.480. The van der Waals surface area contributed by atoms with Crippen LogP contribution < -0.4 is 5.32 Å². The molecule has 1 saturated heterocycles. The van der Waals surface area contributed by atoms with Gasteiger partial charge in [-0.15, -0.1) is 0 Å². The fourth-order valence-corrected chi connectivity index (χ4v) is 3.09. The Balaban J connectivity index is 1.84. The second-order valence-corrected chi connectivity index (χ2v) is 6.91. The number of hydrogen-bond acceptors (Lipinski definition) is 3. The Kier molecular flexibility index (Phi) is 4.15. The molecule has 1 N–H and O–H groups in total. The van der Waals surface area contributed by atoms with Crippen LogP contribution in [0.4, 0.5) is 0 Å². The molecule has 0 spiro atoms. The quantitative estimate of drug-likeness (QED) is 0.898. The molecule has 17 heavy (non-hydrogen) atoms. The van der Waals surface area contributed by atoms with E-state index in [0.717, 1.165) is 6.54 Å². The topological polar surface area (TPSA) is 29.9 Å². The van der Waals surface area contributed by atoms with Gasteiger partial charge in [-0.25, -0.2) is 0 Å². The number of aromatic nitrogens is 2. The van der Waals surface area contributed by atoms with Crippen LogP contribution in [0.1, 0.15) is 39.2 Å². The monoisotopic (exact) mass is 253 g/mol. The molecule has 4 heteroatoms. The fourth-order valence-electron chi connectivity index (χ4n) is 1.98. The zero-order valence-electron chi connectivity index (χ0n) is 11.1. The van der Waals surface area contributed by atoms with Crippen LogP contribution in [0.25, 0.3) is 0 Å². The summed E-state index contributed by atoms with van der Waals surface area (Å²) in [5.41, 5.74) is 1.37. The largest absolute Gasteiger partial charge is 0.309 e. The van der Waals surface area contributed by atoms with Gasteiger partial charge in [0.15, 0.2) is 0 Å². The van der Waals surface area contributed by atoms with Gasteiger partial charge in [0.2, 0.25) is 0 Å². The summed E-state index contributed by atoms with van der Waals surface area (Å²) in [6, 6.07) is 0.687. The Labute approximate surface area is 108 Å². The number of hydrogen-bond donors (Lipinski definition) is 1. The van der Waals surface area contributed by atoms with Crippen molar-refractivity contribution in [3.63, 3.8) is 0 Å². The predicted octanol–water partition coefficient (Wildman–Crippen LogP) is 2.62. The molecule has 0 aromatic carbocycles. The van der Waals surface area contributed by atoms with Gasteiger partial charge in [0.05, 0.1) is 11.7 Å². The van der Waals surface area contributed by atoms with Crippen LogP contribution in [-0.2, 0) is 12.1 Å². The first-order valence-corrected chi connectivity index (χ1v) is 7.56. The third-order valence-electron chi connectivity index (χ3n) is 3.08. The van der Waals surface area contributed by atoms with Crippen molar-refractivity contribution < 1.29 is 0 Å². The van der Waals surface area contributed by atoms with Crippen LogP contribution in [0.15, 0.2) is 12.4 Å². The summed E-state index contributed by atoms with van der Waals surface area (Å²) in [6.07, 6.45) is 6.81. The van der Waals surface area contributed by atoms with Gasteiger partial charge in [0.1, 0.15) is 0 Å². The van der Waals surface area contributed by atoms with Crippen molar-refractivity contribution in [1.82, 2.24) is 15.1 Å². The van der Waals surface area contributed by atoms with Gasteiger partial charge in [0, 0.05) is 30.1 Å². The molecule has 2 rings (SSSR count). The van der Waals surface area contributed by atoms with Gasteiger partial charge in [-0.3, -0.25) is 4.68 Å². The van der Waals surface area contributed by atoms with Gasteiger partial charge in [-0.2, -0.15) is 16.9 Å². The van der Waals surface area contributed by atoms with Gasteiger partial charge in [0.25, 0.3) is 0 Å². The van der Waals surface area contributed by atoms with Crippen molar-refractivity contribution in [2.45, 2.75) is 51.7 Å². The fraction of sp³-hybridized carbons (Fsp3) is 0.769. The van der Waals surface area contributed by atoms with E-state index in [1.54, 1.807) is 0 Å². The highest BCUT2D eigenvalue weighted by atomic mass is 32.2. The van der Waals surface area contributed by atoms with Crippen molar-refractivity contribution in [3.05, 3.63) is 18.0 Å². The third-order valence-corrected chi connectivity index (χ3v) is 4.29.